The molecule has 0 fully saturated rings. The maximum absolute atomic E-state index is 12.5. The van der Waals surface area contributed by atoms with Gasteiger partial charge in [0.25, 0.3) is 0 Å². The van der Waals surface area contributed by atoms with E-state index in [1.807, 2.05) is 12.1 Å². The summed E-state index contributed by atoms with van der Waals surface area (Å²) >= 11 is 0. The van der Waals surface area contributed by atoms with E-state index in [0.717, 1.165) is 32.2 Å². The van der Waals surface area contributed by atoms with E-state index in [1.54, 1.807) is 0 Å². The minimum atomic E-state index is -0.161. The third kappa shape index (κ3) is 4.04. The van der Waals surface area contributed by atoms with E-state index in [4.69, 9.17) is 5.73 Å². The van der Waals surface area contributed by atoms with Crippen molar-refractivity contribution in [3.63, 3.8) is 0 Å². The number of benzene rings is 1. The summed E-state index contributed by atoms with van der Waals surface area (Å²) in [7, 11) is 0. The highest BCUT2D eigenvalue weighted by molar-refractivity contribution is 5.15. The van der Waals surface area contributed by atoms with Crippen molar-refractivity contribution in [2.75, 3.05) is 6.54 Å². The summed E-state index contributed by atoms with van der Waals surface area (Å²) in [6, 6.07) is 6.71. The standard InChI is InChI=1S/C11H16FN/c12-11-7-5-10(6-8-11)4-2-1-3-9-13/h5-8H,1-4,9,13H2. The quantitative estimate of drug-likeness (QED) is 0.694. The highest BCUT2D eigenvalue weighted by atomic mass is 19.1. The van der Waals surface area contributed by atoms with Crippen molar-refractivity contribution in [2.45, 2.75) is 25.7 Å². The van der Waals surface area contributed by atoms with Crippen LogP contribution in [0.15, 0.2) is 24.3 Å². The van der Waals surface area contributed by atoms with Crippen molar-refractivity contribution in [2.24, 2.45) is 5.73 Å². The first kappa shape index (κ1) is 10.2. The van der Waals surface area contributed by atoms with Gasteiger partial charge in [0, 0.05) is 0 Å². The van der Waals surface area contributed by atoms with E-state index in [9.17, 15) is 4.39 Å². The smallest absolute Gasteiger partial charge is 0.123 e. The highest BCUT2D eigenvalue weighted by Gasteiger charge is 1.93. The number of nitrogens with two attached hydrogens (primary N) is 1. The molecule has 0 bridgehead atoms. The summed E-state index contributed by atoms with van der Waals surface area (Å²) in [5.41, 5.74) is 6.59. The Morgan fingerprint density at radius 3 is 2.31 bits per heavy atom. The van der Waals surface area contributed by atoms with Crippen molar-refractivity contribution in [1.82, 2.24) is 0 Å². The summed E-state index contributed by atoms with van der Waals surface area (Å²) in [5.74, 6) is -0.161. The lowest BCUT2D eigenvalue weighted by atomic mass is 10.1. The predicted molar refractivity (Wildman–Crippen MR) is 53.0 cm³/mol. The van der Waals surface area contributed by atoms with Crippen LogP contribution in [0.25, 0.3) is 0 Å². The number of aryl methyl sites for hydroxylation is 1. The van der Waals surface area contributed by atoms with E-state index < -0.39 is 0 Å². The molecule has 1 rings (SSSR count). The molecule has 0 aliphatic rings. The molecule has 1 nitrogen and oxygen atoms in total. The molecule has 0 aliphatic heterocycles. The normalized spacial score (nSPS) is 10.3. The zero-order valence-electron chi connectivity index (χ0n) is 7.80. The van der Waals surface area contributed by atoms with Crippen LogP contribution in [0.1, 0.15) is 24.8 Å². The number of rotatable bonds is 5. The van der Waals surface area contributed by atoms with Gasteiger partial charge in [0.1, 0.15) is 5.82 Å². The second kappa shape index (κ2) is 5.70. The lowest BCUT2D eigenvalue weighted by Gasteiger charge is -2.00. The van der Waals surface area contributed by atoms with Gasteiger partial charge in [-0.3, -0.25) is 0 Å². The second-order valence-corrected chi connectivity index (χ2v) is 3.23. The molecule has 0 amide bonds. The number of unbranched alkanes of at least 4 members (excludes halogenated alkanes) is 2. The maximum atomic E-state index is 12.5. The Bertz CT molecular complexity index is 230. The molecule has 1 aromatic carbocycles. The van der Waals surface area contributed by atoms with E-state index in [0.29, 0.717) is 0 Å². The molecule has 2 heteroatoms. The molecular formula is C11H16FN. The van der Waals surface area contributed by atoms with Crippen LogP contribution in [0.2, 0.25) is 0 Å². The molecule has 2 N–H and O–H groups in total. The number of hydrogen-bond acceptors (Lipinski definition) is 1. The lowest BCUT2D eigenvalue weighted by Crippen LogP contribution is -1.98. The van der Waals surface area contributed by atoms with Crippen molar-refractivity contribution >= 4 is 0 Å². The number of halogens is 1. The van der Waals surface area contributed by atoms with E-state index in [1.165, 1.54) is 17.7 Å². The molecule has 0 atom stereocenters. The Morgan fingerprint density at radius 1 is 1.00 bits per heavy atom. The summed E-state index contributed by atoms with van der Waals surface area (Å²) in [6.07, 6.45) is 4.41. The van der Waals surface area contributed by atoms with Gasteiger partial charge in [-0.25, -0.2) is 4.39 Å². The van der Waals surface area contributed by atoms with Gasteiger partial charge in [-0.1, -0.05) is 18.6 Å². The largest absolute Gasteiger partial charge is 0.330 e. The minimum Gasteiger partial charge on any atom is -0.330 e. The fraction of sp³-hybridized carbons (Fsp3) is 0.455. The summed E-state index contributed by atoms with van der Waals surface area (Å²) < 4.78 is 12.5. The SMILES string of the molecule is NCCCCCc1ccc(F)cc1. The third-order valence-electron chi connectivity index (χ3n) is 2.08. The zero-order chi connectivity index (χ0) is 9.52. The zero-order valence-corrected chi connectivity index (χ0v) is 7.80. The summed E-state index contributed by atoms with van der Waals surface area (Å²) in [5, 5.41) is 0. The molecule has 0 aromatic heterocycles. The Hall–Kier alpha value is -0.890. The fourth-order valence-electron chi connectivity index (χ4n) is 1.30. The molecule has 13 heavy (non-hydrogen) atoms. The van der Waals surface area contributed by atoms with Crippen LogP contribution >= 0.6 is 0 Å². The van der Waals surface area contributed by atoms with Crippen LogP contribution in [0.3, 0.4) is 0 Å². The first-order valence-corrected chi connectivity index (χ1v) is 4.77. The Balaban J connectivity index is 2.25. The van der Waals surface area contributed by atoms with Crippen LogP contribution in [0.4, 0.5) is 4.39 Å². The van der Waals surface area contributed by atoms with Gasteiger partial charge in [-0.05, 0) is 43.5 Å². The molecule has 0 spiro atoms. The fourth-order valence-corrected chi connectivity index (χ4v) is 1.30. The van der Waals surface area contributed by atoms with Crippen molar-refractivity contribution in [3.8, 4) is 0 Å². The Labute approximate surface area is 78.8 Å². The monoisotopic (exact) mass is 181 g/mol. The first-order valence-electron chi connectivity index (χ1n) is 4.77. The van der Waals surface area contributed by atoms with Gasteiger partial charge < -0.3 is 5.73 Å². The lowest BCUT2D eigenvalue weighted by molar-refractivity contribution is 0.625. The van der Waals surface area contributed by atoms with Gasteiger partial charge in [-0.2, -0.15) is 0 Å². The summed E-state index contributed by atoms with van der Waals surface area (Å²) in [6.45, 7) is 0.767. The maximum Gasteiger partial charge on any atom is 0.123 e. The molecule has 0 unspecified atom stereocenters. The van der Waals surface area contributed by atoms with Crippen molar-refractivity contribution in [3.05, 3.63) is 35.6 Å². The molecular weight excluding hydrogens is 165 g/mol. The van der Waals surface area contributed by atoms with Crippen LogP contribution in [0.5, 0.6) is 0 Å². The molecule has 0 saturated heterocycles. The topological polar surface area (TPSA) is 26.0 Å². The average Bonchev–Trinajstić information content (AvgIpc) is 2.15. The molecule has 0 radical (unpaired) electrons. The van der Waals surface area contributed by atoms with Gasteiger partial charge >= 0.3 is 0 Å². The van der Waals surface area contributed by atoms with Gasteiger partial charge in [0.2, 0.25) is 0 Å². The van der Waals surface area contributed by atoms with E-state index in [2.05, 4.69) is 0 Å². The first-order chi connectivity index (χ1) is 6.33. The van der Waals surface area contributed by atoms with Crippen LogP contribution in [-0.4, -0.2) is 6.54 Å². The minimum absolute atomic E-state index is 0.161. The van der Waals surface area contributed by atoms with Gasteiger partial charge in [0.05, 0.1) is 0 Å². The van der Waals surface area contributed by atoms with E-state index in [-0.39, 0.29) is 5.82 Å². The highest BCUT2D eigenvalue weighted by Crippen LogP contribution is 2.07. The van der Waals surface area contributed by atoms with Crippen LogP contribution < -0.4 is 5.73 Å². The van der Waals surface area contributed by atoms with Crippen molar-refractivity contribution < 1.29 is 4.39 Å². The molecule has 1 aromatic rings. The van der Waals surface area contributed by atoms with Crippen LogP contribution in [-0.2, 0) is 6.42 Å². The average molecular weight is 181 g/mol. The van der Waals surface area contributed by atoms with Crippen LogP contribution in [0, 0.1) is 5.82 Å². The van der Waals surface area contributed by atoms with E-state index >= 15 is 0 Å². The Kier molecular flexibility index (Phi) is 4.47. The predicted octanol–water partition coefficient (Wildman–Crippen LogP) is 2.50. The Morgan fingerprint density at radius 2 is 1.69 bits per heavy atom. The molecule has 72 valence electrons. The second-order valence-electron chi connectivity index (χ2n) is 3.23. The molecule has 0 saturated carbocycles. The molecule has 0 aliphatic carbocycles. The van der Waals surface area contributed by atoms with Gasteiger partial charge in [-0.15, -0.1) is 0 Å². The number of hydrogen-bond donors (Lipinski definition) is 1. The summed E-state index contributed by atoms with van der Waals surface area (Å²) in [4.78, 5) is 0. The van der Waals surface area contributed by atoms with Crippen molar-refractivity contribution in [1.29, 1.82) is 0 Å². The third-order valence-corrected chi connectivity index (χ3v) is 2.08. The molecule has 0 heterocycles. The van der Waals surface area contributed by atoms with Gasteiger partial charge in [0.15, 0.2) is 0 Å².